The molecular formula is C23H27N3O3. The molecule has 0 saturated carbocycles. The second-order valence-electron chi connectivity index (χ2n) is 7.61. The van der Waals surface area contributed by atoms with Gasteiger partial charge in [0.15, 0.2) is 6.61 Å². The van der Waals surface area contributed by atoms with Gasteiger partial charge in [-0.1, -0.05) is 35.0 Å². The maximum Gasteiger partial charge on any atom is 0.261 e. The van der Waals surface area contributed by atoms with Crippen LogP contribution in [0.1, 0.15) is 36.4 Å². The van der Waals surface area contributed by atoms with Crippen LogP contribution in [0.25, 0.3) is 11.4 Å². The van der Waals surface area contributed by atoms with E-state index in [9.17, 15) is 4.79 Å². The predicted octanol–water partition coefficient (Wildman–Crippen LogP) is 4.48. The van der Waals surface area contributed by atoms with Gasteiger partial charge < -0.3 is 14.2 Å². The molecule has 1 amide bonds. The summed E-state index contributed by atoms with van der Waals surface area (Å²) < 4.78 is 11.1. The number of carbonyl (C=O) groups excluding carboxylic acids is 1. The normalized spacial score (nSPS) is 11.0. The number of ether oxygens (including phenoxy) is 1. The van der Waals surface area contributed by atoms with Crippen LogP contribution in [0.2, 0.25) is 0 Å². The number of amides is 1. The molecule has 6 nitrogen and oxygen atoms in total. The van der Waals surface area contributed by atoms with Crippen molar-refractivity contribution in [2.75, 3.05) is 6.61 Å². The van der Waals surface area contributed by atoms with Gasteiger partial charge in [0.05, 0.1) is 0 Å². The zero-order chi connectivity index (χ0) is 21.0. The molecule has 0 unspecified atom stereocenters. The summed E-state index contributed by atoms with van der Waals surface area (Å²) in [7, 11) is 0. The summed E-state index contributed by atoms with van der Waals surface area (Å²) in [5, 5.41) is 4.06. The molecule has 0 bridgehead atoms. The second kappa shape index (κ2) is 8.90. The van der Waals surface area contributed by atoms with Gasteiger partial charge >= 0.3 is 0 Å². The third-order valence-corrected chi connectivity index (χ3v) is 4.55. The first-order chi connectivity index (χ1) is 13.8. The average molecular weight is 393 g/mol. The SMILES string of the molecule is Cc1cc(C)cc(OCC(=O)N(Cc2nc(-c3cccc(C)c3)no2)C(C)C)c1. The molecule has 1 aromatic heterocycles. The standard InChI is InChI=1S/C23H27N3O3/c1-15(2)26(22(27)14-28-20-11-17(4)9-18(5)12-20)13-21-24-23(25-29-21)19-8-6-7-16(3)10-19/h6-12,15H,13-14H2,1-5H3. The summed E-state index contributed by atoms with van der Waals surface area (Å²) in [6, 6.07) is 13.8. The Morgan fingerprint density at radius 3 is 2.45 bits per heavy atom. The second-order valence-corrected chi connectivity index (χ2v) is 7.61. The van der Waals surface area contributed by atoms with Gasteiger partial charge in [-0.2, -0.15) is 4.98 Å². The lowest BCUT2D eigenvalue weighted by atomic mass is 10.1. The lowest BCUT2D eigenvalue weighted by Gasteiger charge is -2.25. The van der Waals surface area contributed by atoms with E-state index in [4.69, 9.17) is 9.26 Å². The van der Waals surface area contributed by atoms with E-state index in [1.165, 1.54) is 0 Å². The van der Waals surface area contributed by atoms with E-state index in [1.807, 2.05) is 71.0 Å². The highest BCUT2D eigenvalue weighted by molar-refractivity contribution is 5.78. The Labute approximate surface area is 171 Å². The van der Waals surface area contributed by atoms with Gasteiger partial charge in [0.25, 0.3) is 5.91 Å². The highest BCUT2D eigenvalue weighted by Crippen LogP contribution is 2.19. The molecule has 0 fully saturated rings. The van der Waals surface area contributed by atoms with E-state index in [-0.39, 0.29) is 25.1 Å². The lowest BCUT2D eigenvalue weighted by Crippen LogP contribution is -2.39. The van der Waals surface area contributed by atoms with Crippen molar-refractivity contribution in [3.8, 4) is 17.1 Å². The molecule has 2 aromatic carbocycles. The third kappa shape index (κ3) is 5.44. The predicted molar refractivity (Wildman–Crippen MR) is 112 cm³/mol. The first-order valence-corrected chi connectivity index (χ1v) is 9.72. The van der Waals surface area contributed by atoms with Crippen LogP contribution in [0.15, 0.2) is 47.0 Å². The van der Waals surface area contributed by atoms with Gasteiger partial charge in [0.2, 0.25) is 11.7 Å². The molecule has 0 aliphatic carbocycles. The average Bonchev–Trinajstić information content (AvgIpc) is 3.12. The van der Waals surface area contributed by atoms with Crippen molar-refractivity contribution in [1.82, 2.24) is 15.0 Å². The van der Waals surface area contributed by atoms with Gasteiger partial charge in [0, 0.05) is 11.6 Å². The fraction of sp³-hybridized carbons (Fsp3) is 0.348. The fourth-order valence-corrected chi connectivity index (χ4v) is 3.17. The van der Waals surface area contributed by atoms with E-state index in [1.54, 1.807) is 4.90 Å². The summed E-state index contributed by atoms with van der Waals surface area (Å²) in [6.07, 6.45) is 0. The Kier molecular flexibility index (Phi) is 6.32. The molecule has 0 spiro atoms. The first-order valence-electron chi connectivity index (χ1n) is 9.72. The summed E-state index contributed by atoms with van der Waals surface area (Å²) in [4.78, 5) is 18.9. The smallest absolute Gasteiger partial charge is 0.261 e. The van der Waals surface area contributed by atoms with Crippen molar-refractivity contribution in [2.24, 2.45) is 0 Å². The minimum atomic E-state index is -0.130. The number of aryl methyl sites for hydroxylation is 3. The van der Waals surface area contributed by atoms with E-state index >= 15 is 0 Å². The maximum absolute atomic E-state index is 12.8. The molecule has 29 heavy (non-hydrogen) atoms. The molecule has 0 radical (unpaired) electrons. The number of aromatic nitrogens is 2. The van der Waals surface area contributed by atoms with Crippen LogP contribution in [-0.2, 0) is 11.3 Å². The van der Waals surface area contributed by atoms with Crippen LogP contribution in [0.3, 0.4) is 0 Å². The minimum absolute atomic E-state index is 0.0281. The molecule has 0 atom stereocenters. The Bertz CT molecular complexity index is 974. The van der Waals surface area contributed by atoms with E-state index < -0.39 is 0 Å². The molecule has 0 N–H and O–H groups in total. The Morgan fingerprint density at radius 2 is 1.79 bits per heavy atom. The summed E-state index contributed by atoms with van der Waals surface area (Å²) >= 11 is 0. The van der Waals surface area contributed by atoms with Crippen molar-refractivity contribution in [2.45, 2.75) is 47.2 Å². The third-order valence-electron chi connectivity index (χ3n) is 4.55. The molecule has 0 aliphatic rings. The maximum atomic E-state index is 12.8. The minimum Gasteiger partial charge on any atom is -0.484 e. The van der Waals surface area contributed by atoms with Gasteiger partial charge in [-0.25, -0.2) is 0 Å². The first kappa shape index (κ1) is 20.6. The van der Waals surface area contributed by atoms with Crippen LogP contribution in [0.5, 0.6) is 5.75 Å². The largest absolute Gasteiger partial charge is 0.484 e. The van der Waals surface area contributed by atoms with E-state index in [0.29, 0.717) is 17.5 Å². The number of hydrogen-bond acceptors (Lipinski definition) is 5. The Hall–Kier alpha value is -3.15. The summed E-state index contributed by atoms with van der Waals surface area (Å²) in [5.41, 5.74) is 4.21. The van der Waals surface area contributed by atoms with Crippen molar-refractivity contribution < 1.29 is 14.1 Å². The van der Waals surface area contributed by atoms with E-state index in [2.05, 4.69) is 16.2 Å². The van der Waals surface area contributed by atoms with Crippen molar-refractivity contribution in [1.29, 1.82) is 0 Å². The van der Waals surface area contributed by atoms with E-state index in [0.717, 1.165) is 22.3 Å². The van der Waals surface area contributed by atoms with Crippen LogP contribution in [0, 0.1) is 20.8 Å². The van der Waals surface area contributed by atoms with Gasteiger partial charge in [-0.05, 0) is 63.9 Å². The number of nitrogens with zero attached hydrogens (tertiary/aromatic N) is 3. The zero-order valence-corrected chi connectivity index (χ0v) is 17.6. The van der Waals surface area contributed by atoms with Crippen LogP contribution in [-0.4, -0.2) is 33.6 Å². The van der Waals surface area contributed by atoms with Crippen LogP contribution < -0.4 is 4.74 Å². The topological polar surface area (TPSA) is 68.5 Å². The quantitative estimate of drug-likeness (QED) is 0.592. The summed E-state index contributed by atoms with van der Waals surface area (Å²) in [6.45, 7) is 10.1. The van der Waals surface area contributed by atoms with Gasteiger partial charge in [-0.3, -0.25) is 4.79 Å². The number of carbonyl (C=O) groups is 1. The molecule has 0 saturated heterocycles. The Morgan fingerprint density at radius 1 is 1.07 bits per heavy atom. The molecule has 152 valence electrons. The highest BCUT2D eigenvalue weighted by Gasteiger charge is 2.21. The highest BCUT2D eigenvalue weighted by atomic mass is 16.5. The Balaban J connectivity index is 1.67. The van der Waals surface area contributed by atoms with Crippen LogP contribution >= 0.6 is 0 Å². The lowest BCUT2D eigenvalue weighted by molar-refractivity contribution is -0.136. The molecule has 1 heterocycles. The molecule has 3 rings (SSSR count). The van der Waals surface area contributed by atoms with Gasteiger partial charge in [-0.15, -0.1) is 0 Å². The molecular weight excluding hydrogens is 366 g/mol. The zero-order valence-electron chi connectivity index (χ0n) is 17.6. The van der Waals surface area contributed by atoms with Gasteiger partial charge in [0.1, 0.15) is 12.3 Å². The van der Waals surface area contributed by atoms with Crippen molar-refractivity contribution in [3.63, 3.8) is 0 Å². The van der Waals surface area contributed by atoms with Crippen LogP contribution in [0.4, 0.5) is 0 Å². The number of rotatable bonds is 7. The van der Waals surface area contributed by atoms with Crippen molar-refractivity contribution in [3.05, 3.63) is 65.0 Å². The monoisotopic (exact) mass is 393 g/mol. The molecule has 6 heteroatoms. The van der Waals surface area contributed by atoms with Crippen molar-refractivity contribution >= 4 is 5.91 Å². The molecule has 3 aromatic rings. The summed E-state index contributed by atoms with van der Waals surface area (Å²) in [5.74, 6) is 1.48. The fourth-order valence-electron chi connectivity index (χ4n) is 3.17. The molecule has 0 aliphatic heterocycles. The number of benzene rings is 2. The number of hydrogen-bond donors (Lipinski definition) is 0.